The van der Waals surface area contributed by atoms with Crippen LogP contribution in [0.5, 0.6) is 5.75 Å². The van der Waals surface area contributed by atoms with Crippen molar-refractivity contribution in [3.05, 3.63) is 52.4 Å². The van der Waals surface area contributed by atoms with Gasteiger partial charge in [0.25, 0.3) is 0 Å². The number of β-amino-alcohol motifs (C(OH)–C–C–N with tert-alkyl or cyclic N) is 1. The first-order valence-electron chi connectivity index (χ1n) is 11.3. The highest BCUT2D eigenvalue weighted by molar-refractivity contribution is 6.33. The molecule has 1 aromatic heterocycles. The van der Waals surface area contributed by atoms with Crippen molar-refractivity contribution in [1.29, 1.82) is 0 Å². The molecule has 0 amide bonds. The van der Waals surface area contributed by atoms with Gasteiger partial charge in [-0.3, -0.25) is 4.90 Å². The van der Waals surface area contributed by atoms with Crippen molar-refractivity contribution in [2.45, 2.75) is 43.6 Å². The van der Waals surface area contributed by atoms with E-state index < -0.39 is 47.7 Å². The van der Waals surface area contributed by atoms with Gasteiger partial charge in [-0.15, -0.1) is 0 Å². The third-order valence-corrected chi connectivity index (χ3v) is 6.74. The molecule has 0 saturated carbocycles. The average molecular weight is 558 g/mol. The zero-order valence-electron chi connectivity index (χ0n) is 20.4. The van der Waals surface area contributed by atoms with Crippen LogP contribution in [0.2, 0.25) is 5.02 Å². The van der Waals surface area contributed by atoms with E-state index in [9.17, 15) is 35.8 Å². The van der Waals surface area contributed by atoms with Gasteiger partial charge in [0.15, 0.2) is 5.60 Å². The molecule has 1 aromatic carbocycles. The van der Waals surface area contributed by atoms with Crippen molar-refractivity contribution in [1.82, 2.24) is 9.88 Å². The number of alkyl halides is 6. The minimum Gasteiger partial charge on any atom is -0.496 e. The number of hydrogen-bond donors (Lipinski definition) is 1. The van der Waals surface area contributed by atoms with E-state index in [1.54, 1.807) is 4.90 Å². The molecule has 1 unspecified atom stereocenters. The maximum atomic E-state index is 14.2. The minimum absolute atomic E-state index is 0.0706. The number of pyridine rings is 1. The molecular weight excluding hydrogens is 531 g/mol. The molecule has 1 aliphatic heterocycles. The molecule has 2 heterocycles. The van der Waals surface area contributed by atoms with Crippen LogP contribution >= 0.6 is 11.6 Å². The van der Waals surface area contributed by atoms with Crippen molar-refractivity contribution >= 4 is 17.4 Å². The first-order valence-corrected chi connectivity index (χ1v) is 11.7. The van der Waals surface area contributed by atoms with Gasteiger partial charge in [-0.05, 0) is 36.1 Å². The number of aliphatic hydroxyl groups is 1. The molecule has 0 aliphatic carbocycles. The predicted octanol–water partition coefficient (Wildman–Crippen LogP) is 5.68. The lowest BCUT2D eigenvalue weighted by atomic mass is 9.74. The summed E-state index contributed by atoms with van der Waals surface area (Å²) in [4.78, 5) is 6.79. The second kappa shape index (κ2) is 10.5. The summed E-state index contributed by atoms with van der Waals surface area (Å²) >= 11 is 5.99. The van der Waals surface area contributed by atoms with Crippen molar-refractivity contribution < 1.29 is 40.6 Å². The third kappa shape index (κ3) is 6.58. The van der Waals surface area contributed by atoms with Crippen LogP contribution in [0, 0.1) is 5.82 Å². The molecule has 13 heteroatoms. The SMILES string of the molecule is COc1ccc(F)cc1C(C)(C)CC(O)(CN1CCN(c2ncc(C(F)(F)F)cc2Cl)CC1)C(F)(F)F. The Bertz CT molecular complexity index is 1100. The molecule has 0 radical (unpaired) electrons. The molecule has 2 aromatic rings. The van der Waals surface area contributed by atoms with E-state index in [-0.39, 0.29) is 48.3 Å². The number of methoxy groups -OCH3 is 1. The summed E-state index contributed by atoms with van der Waals surface area (Å²) in [5.74, 6) is -0.351. The normalized spacial score (nSPS) is 17.6. The summed E-state index contributed by atoms with van der Waals surface area (Å²) in [7, 11) is 1.32. The first-order chi connectivity index (χ1) is 17.0. The Kier molecular flexibility index (Phi) is 8.26. The average Bonchev–Trinajstić information content (AvgIpc) is 2.78. The van der Waals surface area contributed by atoms with Gasteiger partial charge < -0.3 is 14.7 Å². The fourth-order valence-electron chi connectivity index (χ4n) is 4.59. The van der Waals surface area contributed by atoms with E-state index in [0.717, 1.165) is 18.2 Å². The molecule has 3 rings (SSSR count). The summed E-state index contributed by atoms with van der Waals surface area (Å²) in [5, 5.41) is 10.7. The van der Waals surface area contributed by atoms with Crippen LogP contribution in [0.15, 0.2) is 30.5 Å². The van der Waals surface area contributed by atoms with E-state index in [4.69, 9.17) is 16.3 Å². The summed E-state index contributed by atoms with van der Waals surface area (Å²) < 4.78 is 100. The number of nitrogens with zero attached hydrogens (tertiary/aromatic N) is 3. The first kappa shape index (κ1) is 29.2. The number of aromatic nitrogens is 1. The molecule has 1 atom stereocenters. The van der Waals surface area contributed by atoms with Gasteiger partial charge in [0, 0.05) is 44.5 Å². The lowest BCUT2D eigenvalue weighted by Crippen LogP contribution is -2.59. The van der Waals surface area contributed by atoms with E-state index >= 15 is 0 Å². The highest BCUT2D eigenvalue weighted by atomic mass is 35.5. The monoisotopic (exact) mass is 557 g/mol. The predicted molar refractivity (Wildman–Crippen MR) is 125 cm³/mol. The number of ether oxygens (including phenoxy) is 1. The van der Waals surface area contributed by atoms with Crippen LogP contribution in [0.25, 0.3) is 0 Å². The van der Waals surface area contributed by atoms with Gasteiger partial charge >= 0.3 is 12.4 Å². The third-order valence-electron chi connectivity index (χ3n) is 6.46. The van der Waals surface area contributed by atoms with Crippen LogP contribution in [0.1, 0.15) is 31.4 Å². The number of piperazine rings is 1. The fourth-order valence-corrected chi connectivity index (χ4v) is 4.87. The topological polar surface area (TPSA) is 48.8 Å². The van der Waals surface area contributed by atoms with Gasteiger partial charge in [-0.1, -0.05) is 25.4 Å². The van der Waals surface area contributed by atoms with Gasteiger partial charge in [0.1, 0.15) is 17.4 Å². The molecule has 5 nitrogen and oxygen atoms in total. The van der Waals surface area contributed by atoms with E-state index in [2.05, 4.69) is 4.98 Å². The second-order valence-electron chi connectivity index (χ2n) is 9.72. The van der Waals surface area contributed by atoms with Crippen LogP contribution in [0.4, 0.5) is 36.6 Å². The number of rotatable bonds is 7. The van der Waals surface area contributed by atoms with E-state index in [0.29, 0.717) is 6.20 Å². The quantitative estimate of drug-likeness (QED) is 0.444. The van der Waals surface area contributed by atoms with Crippen molar-refractivity contribution in [3.63, 3.8) is 0 Å². The number of benzene rings is 1. The zero-order chi connectivity index (χ0) is 27.8. The Morgan fingerprint density at radius 1 is 1.03 bits per heavy atom. The summed E-state index contributed by atoms with van der Waals surface area (Å²) in [5.41, 5.74) is -5.28. The Morgan fingerprint density at radius 2 is 1.65 bits per heavy atom. The largest absolute Gasteiger partial charge is 0.496 e. The fraction of sp³-hybridized carbons (Fsp3) is 0.542. The standard InChI is InChI=1S/C24H27ClF7N3O2/c1-21(2,17-11-16(26)4-5-19(17)37-3)13-22(36,24(30,31)32)14-34-6-8-35(9-7-34)20-18(25)10-15(12-33-20)23(27,28)29/h4-5,10-12,36H,6-9,13-14H2,1-3H3. The summed E-state index contributed by atoms with van der Waals surface area (Å²) in [6.45, 7) is 2.59. The minimum atomic E-state index is -5.00. The molecule has 0 spiro atoms. The lowest BCUT2D eigenvalue weighted by Gasteiger charge is -2.43. The van der Waals surface area contributed by atoms with Gasteiger partial charge in [-0.2, -0.15) is 26.3 Å². The van der Waals surface area contributed by atoms with Crippen LogP contribution < -0.4 is 9.64 Å². The molecule has 1 fully saturated rings. The van der Waals surface area contributed by atoms with Gasteiger partial charge in [0.05, 0.1) is 17.7 Å². The molecule has 1 N–H and O–H groups in total. The second-order valence-corrected chi connectivity index (χ2v) is 10.1. The molecular formula is C24H27ClF7N3O2. The zero-order valence-corrected chi connectivity index (χ0v) is 21.1. The van der Waals surface area contributed by atoms with Crippen molar-refractivity contribution in [3.8, 4) is 5.75 Å². The van der Waals surface area contributed by atoms with Gasteiger partial charge in [-0.25, -0.2) is 9.37 Å². The highest BCUT2D eigenvalue weighted by Crippen LogP contribution is 2.44. The van der Waals surface area contributed by atoms with Gasteiger partial charge in [0.2, 0.25) is 0 Å². The molecule has 0 bridgehead atoms. The number of hydrogen-bond acceptors (Lipinski definition) is 5. The summed E-state index contributed by atoms with van der Waals surface area (Å²) in [6.07, 6.45) is -9.73. The Labute approximate surface area is 214 Å². The summed E-state index contributed by atoms with van der Waals surface area (Å²) in [6, 6.07) is 4.29. The van der Waals surface area contributed by atoms with Crippen LogP contribution in [-0.4, -0.2) is 66.6 Å². The van der Waals surface area contributed by atoms with Crippen molar-refractivity contribution in [2.24, 2.45) is 0 Å². The Hall–Kier alpha value is -2.31. The lowest BCUT2D eigenvalue weighted by molar-refractivity contribution is -0.271. The maximum Gasteiger partial charge on any atom is 0.418 e. The Morgan fingerprint density at radius 3 is 2.16 bits per heavy atom. The molecule has 1 saturated heterocycles. The molecule has 37 heavy (non-hydrogen) atoms. The molecule has 1 aliphatic rings. The van der Waals surface area contributed by atoms with E-state index in [1.165, 1.54) is 31.9 Å². The highest BCUT2D eigenvalue weighted by Gasteiger charge is 2.57. The smallest absolute Gasteiger partial charge is 0.418 e. The number of halogens is 8. The number of anilines is 1. The Balaban J connectivity index is 1.75. The van der Waals surface area contributed by atoms with Crippen LogP contribution in [-0.2, 0) is 11.6 Å². The van der Waals surface area contributed by atoms with Crippen molar-refractivity contribution in [2.75, 3.05) is 44.7 Å². The van der Waals surface area contributed by atoms with Crippen LogP contribution in [0.3, 0.4) is 0 Å². The molecule has 206 valence electrons. The maximum absolute atomic E-state index is 14.2. The van der Waals surface area contributed by atoms with E-state index in [1.807, 2.05) is 0 Å².